The molecular formula is C19H18N4O5S. The van der Waals surface area contributed by atoms with Crippen LogP contribution >= 0.6 is 11.3 Å². The van der Waals surface area contributed by atoms with Crippen molar-refractivity contribution in [2.24, 2.45) is 5.73 Å². The summed E-state index contributed by atoms with van der Waals surface area (Å²) in [6.07, 6.45) is -0.242. The predicted molar refractivity (Wildman–Crippen MR) is 104 cm³/mol. The summed E-state index contributed by atoms with van der Waals surface area (Å²) in [6.45, 7) is 3.39. The number of primary amides is 1. The summed E-state index contributed by atoms with van der Waals surface area (Å²) in [5, 5.41) is 22.9. The van der Waals surface area contributed by atoms with Crippen LogP contribution in [0.2, 0.25) is 0 Å². The van der Waals surface area contributed by atoms with Gasteiger partial charge in [0.2, 0.25) is 5.89 Å². The highest BCUT2D eigenvalue weighted by molar-refractivity contribution is 7.14. The molecule has 0 aliphatic carbocycles. The lowest BCUT2D eigenvalue weighted by molar-refractivity contribution is 0.1000. The minimum absolute atomic E-state index is 0.0685. The van der Waals surface area contributed by atoms with Crippen molar-refractivity contribution in [3.63, 3.8) is 0 Å². The predicted octanol–water partition coefficient (Wildman–Crippen LogP) is 1.45. The van der Waals surface area contributed by atoms with E-state index in [0.29, 0.717) is 33.3 Å². The SMILES string of the molecule is CC(O)C#Cc1ccc2c(c1)-c1nc(C(N)=O)sc1C(O)CO2.Cc1ncno1. The number of hydrogen-bond acceptors (Lipinski definition) is 9. The normalized spacial score (nSPS) is 15.2. The van der Waals surface area contributed by atoms with Gasteiger partial charge in [-0.3, -0.25) is 4.79 Å². The van der Waals surface area contributed by atoms with E-state index in [9.17, 15) is 15.0 Å². The Labute approximate surface area is 170 Å². The number of aryl methyl sites for hydroxylation is 1. The van der Waals surface area contributed by atoms with Gasteiger partial charge in [0.15, 0.2) is 11.3 Å². The number of nitrogens with two attached hydrogens (primary N) is 1. The molecule has 29 heavy (non-hydrogen) atoms. The van der Waals surface area contributed by atoms with E-state index in [1.54, 1.807) is 32.0 Å². The molecule has 1 aromatic carbocycles. The van der Waals surface area contributed by atoms with Gasteiger partial charge in [-0.05, 0) is 25.1 Å². The first-order valence-corrected chi connectivity index (χ1v) is 9.35. The maximum atomic E-state index is 11.4. The number of aliphatic hydroxyl groups excluding tert-OH is 2. The number of fused-ring (bicyclic) bond motifs is 3. The third-order valence-electron chi connectivity index (χ3n) is 3.70. The molecule has 0 saturated carbocycles. The molecule has 0 bridgehead atoms. The Morgan fingerprint density at radius 2 is 2.24 bits per heavy atom. The number of ether oxygens (including phenoxy) is 1. The Bertz CT molecular complexity index is 1070. The van der Waals surface area contributed by atoms with Crippen LogP contribution in [0.15, 0.2) is 29.0 Å². The van der Waals surface area contributed by atoms with Gasteiger partial charge in [-0.1, -0.05) is 17.0 Å². The van der Waals surface area contributed by atoms with Crippen LogP contribution in [-0.2, 0) is 0 Å². The fraction of sp³-hybridized carbons (Fsp3) is 0.263. The summed E-state index contributed by atoms with van der Waals surface area (Å²) in [7, 11) is 0. The fourth-order valence-electron chi connectivity index (χ4n) is 2.44. The first-order chi connectivity index (χ1) is 13.8. The van der Waals surface area contributed by atoms with Crippen LogP contribution in [0.5, 0.6) is 5.75 Å². The maximum absolute atomic E-state index is 11.4. The molecule has 4 N–H and O–H groups in total. The van der Waals surface area contributed by atoms with E-state index < -0.39 is 18.1 Å². The zero-order valence-electron chi connectivity index (χ0n) is 15.6. The van der Waals surface area contributed by atoms with E-state index in [-0.39, 0.29) is 11.6 Å². The summed E-state index contributed by atoms with van der Waals surface area (Å²) in [4.78, 5) is 19.8. The van der Waals surface area contributed by atoms with Crippen molar-refractivity contribution in [2.75, 3.05) is 6.61 Å². The van der Waals surface area contributed by atoms with Gasteiger partial charge in [-0.2, -0.15) is 4.98 Å². The molecule has 3 heterocycles. The lowest BCUT2D eigenvalue weighted by atomic mass is 10.1. The van der Waals surface area contributed by atoms with Crippen molar-refractivity contribution in [3.8, 4) is 28.8 Å². The molecule has 0 radical (unpaired) electrons. The number of hydrogen-bond donors (Lipinski definition) is 3. The molecule has 150 valence electrons. The van der Waals surface area contributed by atoms with Crippen LogP contribution in [-0.4, -0.2) is 44.0 Å². The molecule has 2 unspecified atom stereocenters. The van der Waals surface area contributed by atoms with Crippen molar-refractivity contribution in [3.05, 3.63) is 45.9 Å². The zero-order valence-corrected chi connectivity index (χ0v) is 16.4. The van der Waals surface area contributed by atoms with Gasteiger partial charge in [-0.25, -0.2) is 4.98 Å². The summed E-state index contributed by atoms with van der Waals surface area (Å²) in [6, 6.07) is 5.24. The molecule has 0 saturated heterocycles. The van der Waals surface area contributed by atoms with Gasteiger partial charge in [-0.15, -0.1) is 11.3 Å². The molecular weight excluding hydrogens is 396 g/mol. The second-order valence-electron chi connectivity index (χ2n) is 6.04. The van der Waals surface area contributed by atoms with E-state index in [1.807, 2.05) is 0 Å². The number of thiazole rings is 1. The summed E-state index contributed by atoms with van der Waals surface area (Å²) < 4.78 is 10.1. The number of carbonyl (C=O) groups excluding carboxylic acids is 1. The van der Waals surface area contributed by atoms with E-state index in [2.05, 4.69) is 31.5 Å². The summed E-state index contributed by atoms with van der Waals surface area (Å²) in [5.41, 5.74) is 7.07. The van der Waals surface area contributed by atoms with Crippen LogP contribution in [0.25, 0.3) is 11.3 Å². The van der Waals surface area contributed by atoms with E-state index >= 15 is 0 Å². The van der Waals surface area contributed by atoms with Crippen LogP contribution in [0, 0.1) is 18.8 Å². The largest absolute Gasteiger partial charge is 0.490 e. The highest BCUT2D eigenvalue weighted by atomic mass is 32.1. The molecule has 10 heteroatoms. The molecule has 0 spiro atoms. The number of aliphatic hydroxyl groups is 2. The molecule has 1 aliphatic rings. The topological polar surface area (TPSA) is 145 Å². The van der Waals surface area contributed by atoms with Crippen molar-refractivity contribution < 1.29 is 24.3 Å². The Balaban J connectivity index is 0.000000343. The number of rotatable bonds is 1. The van der Waals surface area contributed by atoms with Gasteiger partial charge in [0, 0.05) is 18.1 Å². The third kappa shape index (κ3) is 4.97. The third-order valence-corrected chi connectivity index (χ3v) is 4.87. The number of amides is 1. The fourth-order valence-corrected chi connectivity index (χ4v) is 3.34. The monoisotopic (exact) mass is 414 g/mol. The van der Waals surface area contributed by atoms with Gasteiger partial charge >= 0.3 is 0 Å². The lowest BCUT2D eigenvalue weighted by Gasteiger charge is -2.08. The second-order valence-corrected chi connectivity index (χ2v) is 7.07. The van der Waals surface area contributed by atoms with Crippen molar-refractivity contribution in [1.29, 1.82) is 0 Å². The molecule has 4 rings (SSSR count). The number of nitrogens with zero attached hydrogens (tertiary/aromatic N) is 3. The standard InChI is InChI=1S/C16H14N2O4S.C3H4N2O/c1-8(19)2-3-9-4-5-12-10(6-9)13-14(11(20)7-22-12)23-16(18-13)15(17)21;1-3-4-2-5-6-3/h4-6,8,11,19-20H,7H2,1H3,(H2,17,21);2H,1H3. The van der Waals surface area contributed by atoms with Crippen LogP contribution in [0.3, 0.4) is 0 Å². The number of benzene rings is 1. The Morgan fingerprint density at radius 1 is 1.45 bits per heavy atom. The molecule has 1 aliphatic heterocycles. The number of aromatic nitrogens is 3. The first kappa shape index (κ1) is 20.5. The van der Waals surface area contributed by atoms with Gasteiger partial charge < -0.3 is 25.2 Å². The first-order valence-electron chi connectivity index (χ1n) is 8.54. The average Bonchev–Trinajstić information content (AvgIpc) is 3.32. The second kappa shape index (κ2) is 8.83. The molecule has 9 nitrogen and oxygen atoms in total. The smallest absolute Gasteiger partial charge is 0.277 e. The molecule has 1 amide bonds. The van der Waals surface area contributed by atoms with Crippen molar-refractivity contribution >= 4 is 17.2 Å². The summed E-state index contributed by atoms with van der Waals surface area (Å²) in [5.74, 6) is 6.03. The molecule has 0 fully saturated rings. The maximum Gasteiger partial charge on any atom is 0.277 e. The highest BCUT2D eigenvalue weighted by Gasteiger charge is 2.27. The molecule has 2 aromatic heterocycles. The van der Waals surface area contributed by atoms with Gasteiger partial charge in [0.05, 0.1) is 10.6 Å². The Kier molecular flexibility index (Phi) is 6.23. The van der Waals surface area contributed by atoms with Crippen molar-refractivity contribution in [1.82, 2.24) is 15.1 Å². The highest BCUT2D eigenvalue weighted by Crippen LogP contribution is 2.41. The zero-order chi connectivity index (χ0) is 21.0. The number of carbonyl (C=O) groups is 1. The van der Waals surface area contributed by atoms with E-state index in [4.69, 9.17) is 10.5 Å². The minimum atomic E-state index is -0.880. The van der Waals surface area contributed by atoms with Crippen LogP contribution in [0.1, 0.15) is 39.2 Å². The Morgan fingerprint density at radius 3 is 2.83 bits per heavy atom. The summed E-state index contributed by atoms with van der Waals surface area (Å²) >= 11 is 1.06. The van der Waals surface area contributed by atoms with Crippen LogP contribution in [0.4, 0.5) is 0 Å². The quantitative estimate of drug-likeness (QED) is 0.507. The minimum Gasteiger partial charge on any atom is -0.490 e. The molecule has 3 aromatic rings. The van der Waals surface area contributed by atoms with E-state index in [0.717, 1.165) is 11.3 Å². The average molecular weight is 414 g/mol. The van der Waals surface area contributed by atoms with Crippen molar-refractivity contribution in [2.45, 2.75) is 26.1 Å². The van der Waals surface area contributed by atoms with Gasteiger partial charge in [0.25, 0.3) is 5.91 Å². The molecule has 2 atom stereocenters. The lowest BCUT2D eigenvalue weighted by Crippen LogP contribution is -2.10. The Hall–Kier alpha value is -3.26. The van der Waals surface area contributed by atoms with Crippen LogP contribution < -0.4 is 10.5 Å². The van der Waals surface area contributed by atoms with E-state index in [1.165, 1.54) is 6.33 Å². The van der Waals surface area contributed by atoms with Gasteiger partial charge in [0.1, 0.15) is 24.6 Å².